The number of nitrogens with zero attached hydrogens (tertiary/aromatic N) is 1. The van der Waals surface area contributed by atoms with Crippen LogP contribution in [-0.2, 0) is 14.8 Å². The van der Waals surface area contributed by atoms with Crippen molar-refractivity contribution in [1.29, 1.82) is 0 Å². The third-order valence-electron chi connectivity index (χ3n) is 4.35. The maximum absolute atomic E-state index is 12.5. The zero-order valence-electron chi connectivity index (χ0n) is 16.0. The van der Waals surface area contributed by atoms with Crippen LogP contribution in [0.3, 0.4) is 0 Å². The SMILES string of the molecule is CCN(CC)S(=O)(=O)c1ccc(NC(=O)CN[C@H](C)c2ccccc2)cc1. The Morgan fingerprint density at radius 1 is 1.00 bits per heavy atom. The monoisotopic (exact) mass is 389 g/mol. The molecule has 6 nitrogen and oxygen atoms in total. The molecule has 0 fully saturated rings. The Balaban J connectivity index is 1.93. The number of hydrogen-bond acceptors (Lipinski definition) is 4. The van der Waals surface area contributed by atoms with Crippen molar-refractivity contribution in [2.24, 2.45) is 0 Å². The molecule has 2 rings (SSSR count). The Morgan fingerprint density at radius 3 is 2.15 bits per heavy atom. The van der Waals surface area contributed by atoms with E-state index >= 15 is 0 Å². The normalized spacial score (nSPS) is 12.7. The highest BCUT2D eigenvalue weighted by molar-refractivity contribution is 7.89. The fourth-order valence-electron chi connectivity index (χ4n) is 2.73. The molecule has 0 bridgehead atoms. The second-order valence-electron chi connectivity index (χ2n) is 6.18. The summed E-state index contributed by atoms with van der Waals surface area (Å²) in [5.74, 6) is -0.183. The van der Waals surface area contributed by atoms with Gasteiger partial charge in [0.25, 0.3) is 0 Å². The van der Waals surface area contributed by atoms with Gasteiger partial charge in [-0.15, -0.1) is 0 Å². The molecule has 0 aromatic heterocycles. The molecule has 0 saturated heterocycles. The van der Waals surface area contributed by atoms with E-state index in [1.54, 1.807) is 26.0 Å². The van der Waals surface area contributed by atoms with Crippen LogP contribution in [0.15, 0.2) is 59.5 Å². The van der Waals surface area contributed by atoms with Crippen LogP contribution in [0, 0.1) is 0 Å². The van der Waals surface area contributed by atoms with Gasteiger partial charge in [0.15, 0.2) is 0 Å². The minimum Gasteiger partial charge on any atom is -0.325 e. The standard InChI is InChI=1S/C20H27N3O3S/c1-4-23(5-2)27(25,26)19-13-11-18(12-14-19)22-20(24)15-21-16(3)17-9-7-6-8-10-17/h6-14,16,21H,4-5,15H2,1-3H3,(H,22,24)/t16-/m1/s1. The number of hydrogen-bond donors (Lipinski definition) is 2. The van der Waals surface area contributed by atoms with E-state index in [9.17, 15) is 13.2 Å². The number of sulfonamides is 1. The van der Waals surface area contributed by atoms with E-state index in [0.717, 1.165) is 5.56 Å². The second kappa shape index (κ2) is 9.64. The van der Waals surface area contributed by atoms with Gasteiger partial charge in [-0.05, 0) is 36.8 Å². The summed E-state index contributed by atoms with van der Waals surface area (Å²) < 4.78 is 26.3. The van der Waals surface area contributed by atoms with E-state index in [0.29, 0.717) is 18.8 Å². The first-order chi connectivity index (χ1) is 12.9. The van der Waals surface area contributed by atoms with Gasteiger partial charge in [-0.1, -0.05) is 44.2 Å². The number of benzene rings is 2. The zero-order chi connectivity index (χ0) is 19.9. The van der Waals surface area contributed by atoms with Gasteiger partial charge >= 0.3 is 0 Å². The smallest absolute Gasteiger partial charge is 0.243 e. The van der Waals surface area contributed by atoms with Gasteiger partial charge in [0, 0.05) is 24.8 Å². The predicted molar refractivity (Wildman–Crippen MR) is 108 cm³/mol. The Kier molecular flexibility index (Phi) is 7.53. The molecule has 2 aromatic carbocycles. The number of rotatable bonds is 9. The number of carbonyl (C=O) groups excluding carboxylic acids is 1. The molecule has 0 saturated carbocycles. The minimum absolute atomic E-state index is 0.0542. The van der Waals surface area contributed by atoms with Crippen molar-refractivity contribution in [2.75, 3.05) is 25.0 Å². The van der Waals surface area contributed by atoms with Crippen LogP contribution < -0.4 is 10.6 Å². The van der Waals surface area contributed by atoms with Crippen LogP contribution in [0.25, 0.3) is 0 Å². The van der Waals surface area contributed by atoms with E-state index in [4.69, 9.17) is 0 Å². The third kappa shape index (κ3) is 5.63. The van der Waals surface area contributed by atoms with E-state index < -0.39 is 10.0 Å². The summed E-state index contributed by atoms with van der Waals surface area (Å²) in [5, 5.41) is 5.94. The molecule has 2 N–H and O–H groups in total. The van der Waals surface area contributed by atoms with Gasteiger partial charge in [-0.2, -0.15) is 4.31 Å². The zero-order valence-corrected chi connectivity index (χ0v) is 16.8. The highest BCUT2D eigenvalue weighted by Gasteiger charge is 2.21. The molecule has 27 heavy (non-hydrogen) atoms. The molecular formula is C20H27N3O3S. The molecule has 146 valence electrons. The molecule has 0 radical (unpaired) electrons. The topological polar surface area (TPSA) is 78.5 Å². The number of amides is 1. The fourth-order valence-corrected chi connectivity index (χ4v) is 4.19. The van der Waals surface area contributed by atoms with Crippen molar-refractivity contribution >= 4 is 21.6 Å². The van der Waals surface area contributed by atoms with Gasteiger partial charge < -0.3 is 10.6 Å². The molecule has 0 unspecified atom stereocenters. The van der Waals surface area contributed by atoms with Gasteiger partial charge in [-0.3, -0.25) is 4.79 Å². The van der Waals surface area contributed by atoms with Crippen molar-refractivity contribution < 1.29 is 13.2 Å². The van der Waals surface area contributed by atoms with Crippen molar-refractivity contribution in [3.05, 3.63) is 60.2 Å². The lowest BCUT2D eigenvalue weighted by molar-refractivity contribution is -0.115. The van der Waals surface area contributed by atoms with Crippen molar-refractivity contribution in [3.8, 4) is 0 Å². The van der Waals surface area contributed by atoms with E-state index in [-0.39, 0.29) is 23.4 Å². The van der Waals surface area contributed by atoms with Crippen LogP contribution in [-0.4, -0.2) is 38.3 Å². The summed E-state index contributed by atoms with van der Waals surface area (Å²) in [6, 6.07) is 16.2. The van der Waals surface area contributed by atoms with Crippen LogP contribution in [0.2, 0.25) is 0 Å². The number of anilines is 1. The third-order valence-corrected chi connectivity index (χ3v) is 6.41. The summed E-state index contributed by atoms with van der Waals surface area (Å²) in [7, 11) is -3.49. The van der Waals surface area contributed by atoms with Gasteiger partial charge in [0.05, 0.1) is 11.4 Å². The van der Waals surface area contributed by atoms with Crippen molar-refractivity contribution in [3.63, 3.8) is 0 Å². The molecule has 1 amide bonds. The molecular weight excluding hydrogens is 362 g/mol. The second-order valence-corrected chi connectivity index (χ2v) is 8.11. The Labute approximate surface area is 161 Å². The summed E-state index contributed by atoms with van der Waals surface area (Å²) >= 11 is 0. The maximum atomic E-state index is 12.5. The predicted octanol–water partition coefficient (Wildman–Crippen LogP) is 3.01. The molecule has 0 aliphatic heterocycles. The van der Waals surface area contributed by atoms with Crippen LogP contribution in [0.4, 0.5) is 5.69 Å². The summed E-state index contributed by atoms with van der Waals surface area (Å²) in [6.45, 7) is 6.61. The van der Waals surface area contributed by atoms with Gasteiger partial charge in [-0.25, -0.2) is 8.42 Å². The van der Waals surface area contributed by atoms with E-state index in [2.05, 4.69) is 10.6 Å². The van der Waals surface area contributed by atoms with Crippen LogP contribution in [0.5, 0.6) is 0 Å². The lowest BCUT2D eigenvalue weighted by Crippen LogP contribution is -2.31. The van der Waals surface area contributed by atoms with E-state index in [1.165, 1.54) is 16.4 Å². The van der Waals surface area contributed by atoms with Crippen LogP contribution >= 0.6 is 0 Å². The minimum atomic E-state index is -3.49. The van der Waals surface area contributed by atoms with Crippen molar-refractivity contribution in [2.45, 2.75) is 31.7 Å². The first kappa shape index (κ1) is 21.1. The van der Waals surface area contributed by atoms with Gasteiger partial charge in [0.1, 0.15) is 0 Å². The van der Waals surface area contributed by atoms with Gasteiger partial charge in [0.2, 0.25) is 15.9 Å². The first-order valence-corrected chi connectivity index (χ1v) is 10.5. The summed E-state index contributed by atoms with van der Waals surface area (Å²) in [6.07, 6.45) is 0. The quantitative estimate of drug-likeness (QED) is 0.691. The maximum Gasteiger partial charge on any atom is 0.243 e. The molecule has 7 heteroatoms. The summed E-state index contributed by atoms with van der Waals surface area (Å²) in [5.41, 5.74) is 1.67. The molecule has 0 aliphatic carbocycles. The molecule has 0 spiro atoms. The van der Waals surface area contributed by atoms with Crippen LogP contribution in [0.1, 0.15) is 32.4 Å². The number of carbonyl (C=O) groups is 1. The van der Waals surface area contributed by atoms with Crippen molar-refractivity contribution in [1.82, 2.24) is 9.62 Å². The average Bonchev–Trinajstić information content (AvgIpc) is 2.68. The lowest BCUT2D eigenvalue weighted by Gasteiger charge is -2.18. The summed E-state index contributed by atoms with van der Waals surface area (Å²) in [4.78, 5) is 12.4. The van der Waals surface area contributed by atoms with E-state index in [1.807, 2.05) is 37.3 Å². The Morgan fingerprint density at radius 2 is 1.59 bits per heavy atom. The average molecular weight is 390 g/mol. The lowest BCUT2D eigenvalue weighted by atomic mass is 10.1. The highest BCUT2D eigenvalue weighted by atomic mass is 32.2. The molecule has 0 heterocycles. The molecule has 2 aromatic rings. The highest BCUT2D eigenvalue weighted by Crippen LogP contribution is 2.18. The Hall–Kier alpha value is -2.22. The largest absolute Gasteiger partial charge is 0.325 e. The molecule has 0 aliphatic rings. The first-order valence-electron chi connectivity index (χ1n) is 9.06. The molecule has 1 atom stereocenters. The Bertz CT molecular complexity index is 833. The fraction of sp³-hybridized carbons (Fsp3) is 0.350. The number of nitrogens with one attached hydrogen (secondary N) is 2.